The molecule has 7 nitrogen and oxygen atoms in total. The summed E-state index contributed by atoms with van der Waals surface area (Å²) in [7, 11) is 2.20. The van der Waals surface area contributed by atoms with E-state index in [2.05, 4.69) is 63.7 Å². The number of hydrogen-bond donors (Lipinski definition) is 2. The van der Waals surface area contributed by atoms with Crippen molar-refractivity contribution >= 4 is 41.3 Å². The first kappa shape index (κ1) is 25.8. The van der Waals surface area contributed by atoms with Gasteiger partial charge in [0.1, 0.15) is 0 Å². The average Bonchev–Trinajstić information content (AvgIpc) is 3.27. The lowest BCUT2D eigenvalue weighted by Crippen LogP contribution is -2.49. The van der Waals surface area contributed by atoms with Crippen LogP contribution in [0.5, 0.6) is 0 Å². The summed E-state index contributed by atoms with van der Waals surface area (Å²) in [5.74, 6) is 0.920. The van der Waals surface area contributed by atoms with Crippen molar-refractivity contribution in [2.75, 3.05) is 79.2 Å². The Morgan fingerprint density at radius 2 is 1.87 bits per heavy atom. The quantitative estimate of drug-likeness (QED) is 0.293. The summed E-state index contributed by atoms with van der Waals surface area (Å²) >= 11 is 1.83. The van der Waals surface area contributed by atoms with Gasteiger partial charge in [-0.15, -0.1) is 35.3 Å². The van der Waals surface area contributed by atoms with E-state index < -0.39 is 0 Å². The molecule has 1 aromatic heterocycles. The molecule has 2 aliphatic heterocycles. The highest BCUT2D eigenvalue weighted by molar-refractivity contribution is 14.0. The molecule has 2 aliphatic rings. The van der Waals surface area contributed by atoms with Gasteiger partial charge >= 0.3 is 0 Å². The van der Waals surface area contributed by atoms with Crippen LogP contribution in [-0.4, -0.2) is 106 Å². The first-order valence-corrected chi connectivity index (χ1v) is 11.8. The first-order chi connectivity index (χ1) is 14.2. The van der Waals surface area contributed by atoms with Gasteiger partial charge in [-0.2, -0.15) is 0 Å². The SMILES string of the molecule is CCNC(=NCC(C)N1CCN(C)CC1)NCC(c1cccs1)N1CCOCC1.I. The van der Waals surface area contributed by atoms with Crippen LogP contribution in [0.1, 0.15) is 24.8 Å². The van der Waals surface area contributed by atoms with Crippen LogP contribution in [0.4, 0.5) is 0 Å². The Balaban J connectivity index is 0.00000320. The van der Waals surface area contributed by atoms with Gasteiger partial charge in [-0.25, -0.2) is 0 Å². The number of guanidine groups is 1. The van der Waals surface area contributed by atoms with Crippen LogP contribution in [0.2, 0.25) is 0 Å². The second-order valence-electron chi connectivity index (χ2n) is 7.97. The molecule has 30 heavy (non-hydrogen) atoms. The van der Waals surface area contributed by atoms with Crippen molar-refractivity contribution in [2.24, 2.45) is 4.99 Å². The zero-order chi connectivity index (χ0) is 20.5. The topological polar surface area (TPSA) is 55.4 Å². The zero-order valence-corrected chi connectivity index (χ0v) is 21.8. The number of morpholine rings is 1. The molecule has 0 aliphatic carbocycles. The van der Waals surface area contributed by atoms with Crippen LogP contribution in [-0.2, 0) is 4.74 Å². The highest BCUT2D eigenvalue weighted by Crippen LogP contribution is 2.25. The van der Waals surface area contributed by atoms with E-state index in [0.717, 1.165) is 78.1 Å². The van der Waals surface area contributed by atoms with Crippen molar-refractivity contribution in [3.05, 3.63) is 22.4 Å². The lowest BCUT2D eigenvalue weighted by molar-refractivity contribution is 0.0177. The Labute approximate surface area is 203 Å². The van der Waals surface area contributed by atoms with Gasteiger partial charge < -0.3 is 20.3 Å². The van der Waals surface area contributed by atoms with E-state index in [0.29, 0.717) is 12.1 Å². The predicted octanol–water partition coefficient (Wildman–Crippen LogP) is 1.93. The summed E-state index contributed by atoms with van der Waals surface area (Å²) in [6.07, 6.45) is 0. The number of ether oxygens (including phenoxy) is 1. The fourth-order valence-corrected chi connectivity index (χ4v) is 4.78. The number of rotatable bonds is 8. The minimum Gasteiger partial charge on any atom is -0.379 e. The van der Waals surface area contributed by atoms with Gasteiger partial charge in [0.2, 0.25) is 0 Å². The van der Waals surface area contributed by atoms with Gasteiger partial charge in [0.15, 0.2) is 5.96 Å². The molecule has 0 amide bonds. The minimum atomic E-state index is 0. The van der Waals surface area contributed by atoms with Gasteiger partial charge in [-0.05, 0) is 32.3 Å². The molecular weight excluding hydrogens is 511 g/mol. The van der Waals surface area contributed by atoms with Crippen LogP contribution in [0, 0.1) is 0 Å². The molecule has 172 valence electrons. The average molecular weight is 551 g/mol. The largest absolute Gasteiger partial charge is 0.379 e. The van der Waals surface area contributed by atoms with Gasteiger partial charge in [0.05, 0.1) is 25.8 Å². The minimum absolute atomic E-state index is 0. The Morgan fingerprint density at radius 3 is 2.50 bits per heavy atom. The summed E-state index contributed by atoms with van der Waals surface area (Å²) in [4.78, 5) is 13.8. The Morgan fingerprint density at radius 1 is 1.13 bits per heavy atom. The van der Waals surface area contributed by atoms with Crippen LogP contribution in [0.3, 0.4) is 0 Å². The third kappa shape index (κ3) is 7.90. The first-order valence-electron chi connectivity index (χ1n) is 11.0. The van der Waals surface area contributed by atoms with E-state index in [-0.39, 0.29) is 24.0 Å². The molecule has 0 bridgehead atoms. The molecule has 2 unspecified atom stereocenters. The van der Waals surface area contributed by atoms with Crippen LogP contribution in [0.25, 0.3) is 0 Å². The Hall–Kier alpha value is -0.460. The Kier molecular flexibility index (Phi) is 11.9. The van der Waals surface area contributed by atoms with Crippen LogP contribution in [0.15, 0.2) is 22.5 Å². The molecule has 0 radical (unpaired) electrons. The van der Waals surface area contributed by atoms with Crippen molar-refractivity contribution in [1.29, 1.82) is 0 Å². The maximum Gasteiger partial charge on any atom is 0.191 e. The summed E-state index contributed by atoms with van der Waals surface area (Å²) in [5.41, 5.74) is 0. The van der Waals surface area contributed by atoms with Gasteiger partial charge in [-0.1, -0.05) is 6.07 Å². The molecule has 2 atom stereocenters. The maximum absolute atomic E-state index is 5.56. The van der Waals surface area contributed by atoms with Gasteiger partial charge in [0.25, 0.3) is 0 Å². The van der Waals surface area contributed by atoms with E-state index >= 15 is 0 Å². The van der Waals surface area contributed by atoms with Crippen LogP contribution < -0.4 is 10.6 Å². The molecule has 2 saturated heterocycles. The number of piperazine rings is 1. The zero-order valence-electron chi connectivity index (χ0n) is 18.7. The Bertz CT molecular complexity index is 603. The second-order valence-corrected chi connectivity index (χ2v) is 8.95. The summed E-state index contributed by atoms with van der Waals surface area (Å²) in [6, 6.07) is 5.21. The molecule has 1 aromatic rings. The molecular formula is C21H39IN6OS. The van der Waals surface area contributed by atoms with E-state index in [1.54, 1.807) is 0 Å². The molecule has 9 heteroatoms. The number of aliphatic imine (C=N–C) groups is 1. The maximum atomic E-state index is 5.56. The summed E-state index contributed by atoms with van der Waals surface area (Å²) in [5, 5.41) is 9.20. The predicted molar refractivity (Wildman–Crippen MR) is 137 cm³/mol. The fourth-order valence-electron chi connectivity index (χ4n) is 3.92. The van der Waals surface area contributed by atoms with Crippen molar-refractivity contribution in [3.8, 4) is 0 Å². The lowest BCUT2D eigenvalue weighted by Gasteiger charge is -2.36. The number of nitrogens with one attached hydrogen (secondary N) is 2. The number of nitrogens with zero attached hydrogens (tertiary/aromatic N) is 4. The molecule has 2 N–H and O–H groups in total. The standard InChI is InChI=1S/C21H38N6OS.HI/c1-4-22-21(23-16-18(2)26-9-7-25(3)8-10-26)24-17-19(20-6-5-15-29-20)27-11-13-28-14-12-27;/h5-6,15,18-19H,4,7-14,16-17H2,1-3H3,(H2,22,23,24);1H. The van der Waals surface area contributed by atoms with Crippen molar-refractivity contribution in [1.82, 2.24) is 25.3 Å². The molecule has 0 saturated carbocycles. The monoisotopic (exact) mass is 550 g/mol. The smallest absolute Gasteiger partial charge is 0.191 e. The molecule has 2 fully saturated rings. The third-order valence-corrected chi connectivity index (χ3v) is 6.81. The van der Waals surface area contributed by atoms with Crippen LogP contribution >= 0.6 is 35.3 Å². The molecule has 3 heterocycles. The van der Waals surface area contributed by atoms with Gasteiger partial charge in [-0.3, -0.25) is 14.8 Å². The molecule has 0 aromatic carbocycles. The van der Waals surface area contributed by atoms with E-state index in [1.165, 1.54) is 4.88 Å². The number of likely N-dealkylation sites (N-methyl/N-ethyl adjacent to an activating group) is 1. The van der Waals surface area contributed by atoms with Gasteiger partial charge in [0, 0.05) is 63.3 Å². The lowest BCUT2D eigenvalue weighted by atomic mass is 10.2. The fraction of sp³-hybridized carbons (Fsp3) is 0.762. The highest BCUT2D eigenvalue weighted by atomic mass is 127. The van der Waals surface area contributed by atoms with Crippen molar-refractivity contribution in [2.45, 2.75) is 25.9 Å². The summed E-state index contributed by atoms with van der Waals surface area (Å²) < 4.78 is 5.56. The second kappa shape index (κ2) is 13.8. The van der Waals surface area contributed by atoms with E-state index in [9.17, 15) is 0 Å². The number of thiophene rings is 1. The highest BCUT2D eigenvalue weighted by Gasteiger charge is 2.24. The third-order valence-electron chi connectivity index (χ3n) is 5.84. The van der Waals surface area contributed by atoms with Crippen molar-refractivity contribution < 1.29 is 4.74 Å². The number of hydrogen-bond acceptors (Lipinski definition) is 6. The number of halogens is 1. The normalized spacial score (nSPS) is 21.6. The van der Waals surface area contributed by atoms with E-state index in [4.69, 9.17) is 9.73 Å². The van der Waals surface area contributed by atoms with Crippen molar-refractivity contribution in [3.63, 3.8) is 0 Å². The summed E-state index contributed by atoms with van der Waals surface area (Å²) in [6.45, 7) is 15.1. The molecule has 3 rings (SSSR count). The van der Waals surface area contributed by atoms with E-state index in [1.807, 2.05) is 11.3 Å². The molecule has 0 spiro atoms.